The average molecular weight is 546 g/mol. The van der Waals surface area contributed by atoms with E-state index in [4.69, 9.17) is 22.9 Å². The first-order chi connectivity index (χ1) is 18.5. The van der Waals surface area contributed by atoms with Gasteiger partial charge in [-0.1, -0.05) is 18.2 Å². The third-order valence-electron chi connectivity index (χ3n) is 5.81. The molecule has 0 saturated heterocycles. The second-order valence-electron chi connectivity index (χ2n) is 8.80. The van der Waals surface area contributed by atoms with Crippen LogP contribution >= 0.6 is 0 Å². The molecule has 1 aromatic heterocycles. The number of carboxylic acids is 1. The molecular formula is C24H35N9O6. The first kappa shape index (κ1) is 30.6. The topological polar surface area (TPSA) is 274 Å². The van der Waals surface area contributed by atoms with Crippen molar-refractivity contribution < 1.29 is 29.1 Å². The summed E-state index contributed by atoms with van der Waals surface area (Å²) < 4.78 is 0. The summed E-state index contributed by atoms with van der Waals surface area (Å²) in [4.78, 5) is 68.3. The van der Waals surface area contributed by atoms with Crippen molar-refractivity contribution in [1.82, 2.24) is 20.9 Å². The molecule has 0 aliphatic heterocycles. The van der Waals surface area contributed by atoms with Crippen LogP contribution in [0.4, 0.5) is 0 Å². The summed E-state index contributed by atoms with van der Waals surface area (Å²) in [6.07, 6.45) is 1.57. The fourth-order valence-electron chi connectivity index (χ4n) is 3.84. The van der Waals surface area contributed by atoms with Gasteiger partial charge in [0.05, 0.1) is 6.54 Å². The van der Waals surface area contributed by atoms with Crippen LogP contribution in [0.1, 0.15) is 31.2 Å². The fourth-order valence-corrected chi connectivity index (χ4v) is 3.84. The van der Waals surface area contributed by atoms with Crippen molar-refractivity contribution in [3.05, 3.63) is 36.0 Å². The quantitative estimate of drug-likeness (QED) is 0.0613. The van der Waals surface area contributed by atoms with E-state index < -0.39 is 47.7 Å². The Labute approximate surface area is 224 Å². The van der Waals surface area contributed by atoms with E-state index in [0.29, 0.717) is 0 Å². The molecule has 0 radical (unpaired) electrons. The molecule has 4 amide bonds. The van der Waals surface area contributed by atoms with Crippen LogP contribution < -0.4 is 38.9 Å². The highest BCUT2D eigenvalue weighted by atomic mass is 16.4. The van der Waals surface area contributed by atoms with Crippen LogP contribution in [0.15, 0.2) is 35.5 Å². The standard InChI is InChI=1S/C24H35N9O6/c25-11-20(35)31-18(10-13-12-30-15-5-2-1-4-14(13)15)22(37)32-16(7-8-19(26)34)21(36)33-17(23(38)39)6-3-9-29-24(27)28/h1-2,4-5,12,16-18,30H,3,6-11,25H2,(H2,26,34)(H,31,35)(H,32,37)(H,33,36)(H,38,39)(H4,27,28,29). The van der Waals surface area contributed by atoms with E-state index in [0.717, 1.165) is 16.5 Å². The summed E-state index contributed by atoms with van der Waals surface area (Å²) in [5, 5.41) is 17.8. The summed E-state index contributed by atoms with van der Waals surface area (Å²) in [5.41, 5.74) is 22.7. The largest absolute Gasteiger partial charge is 0.480 e. The Balaban J connectivity index is 2.20. The van der Waals surface area contributed by atoms with Gasteiger partial charge in [-0.15, -0.1) is 0 Å². The van der Waals surface area contributed by atoms with Gasteiger partial charge in [0.15, 0.2) is 5.96 Å². The van der Waals surface area contributed by atoms with Gasteiger partial charge in [-0.3, -0.25) is 24.2 Å². The number of carbonyl (C=O) groups is 5. The van der Waals surface area contributed by atoms with E-state index in [1.807, 2.05) is 24.3 Å². The number of nitrogens with one attached hydrogen (secondary N) is 4. The first-order valence-corrected chi connectivity index (χ1v) is 12.2. The minimum absolute atomic E-state index is 0.00405. The number of guanidine groups is 1. The van der Waals surface area contributed by atoms with E-state index >= 15 is 0 Å². The van der Waals surface area contributed by atoms with Gasteiger partial charge in [0.2, 0.25) is 23.6 Å². The highest BCUT2D eigenvalue weighted by Crippen LogP contribution is 2.19. The lowest BCUT2D eigenvalue weighted by Crippen LogP contribution is -2.56. The summed E-state index contributed by atoms with van der Waals surface area (Å²) in [7, 11) is 0. The predicted octanol–water partition coefficient (Wildman–Crippen LogP) is -2.47. The molecule has 0 aliphatic carbocycles. The van der Waals surface area contributed by atoms with Gasteiger partial charge in [0.25, 0.3) is 0 Å². The van der Waals surface area contributed by atoms with Gasteiger partial charge in [-0.05, 0) is 30.9 Å². The maximum atomic E-state index is 13.3. The lowest BCUT2D eigenvalue weighted by atomic mass is 10.0. The summed E-state index contributed by atoms with van der Waals surface area (Å²) in [6.45, 7) is -0.219. The average Bonchev–Trinajstić information content (AvgIpc) is 3.29. The number of aliphatic carboxylic acids is 1. The number of H-pyrrole nitrogens is 1. The Morgan fingerprint density at radius 3 is 2.23 bits per heavy atom. The lowest BCUT2D eigenvalue weighted by Gasteiger charge is -2.24. The maximum Gasteiger partial charge on any atom is 0.326 e. The number of primary amides is 1. The summed E-state index contributed by atoms with van der Waals surface area (Å²) in [6, 6.07) is 3.63. The van der Waals surface area contributed by atoms with Gasteiger partial charge in [0, 0.05) is 36.5 Å². The fraction of sp³-hybridized carbons (Fsp3) is 0.417. The first-order valence-electron chi connectivity index (χ1n) is 12.2. The van der Waals surface area contributed by atoms with Crippen LogP contribution in [-0.2, 0) is 30.4 Å². The normalized spacial score (nSPS) is 13.1. The molecule has 15 nitrogen and oxygen atoms in total. The van der Waals surface area contributed by atoms with E-state index in [1.54, 1.807) is 6.20 Å². The third kappa shape index (κ3) is 9.96. The van der Waals surface area contributed by atoms with Gasteiger partial charge >= 0.3 is 5.97 Å². The second-order valence-corrected chi connectivity index (χ2v) is 8.80. The number of aliphatic imine (C=N–C) groups is 1. The zero-order valence-corrected chi connectivity index (χ0v) is 21.3. The number of aromatic amines is 1. The summed E-state index contributed by atoms with van der Waals surface area (Å²) >= 11 is 0. The number of carboxylic acid groups (broad SMARTS) is 1. The van der Waals surface area contributed by atoms with Crippen LogP contribution in [-0.4, -0.2) is 76.9 Å². The minimum Gasteiger partial charge on any atom is -0.480 e. The van der Waals surface area contributed by atoms with Crippen molar-refractivity contribution in [2.24, 2.45) is 27.9 Å². The molecule has 0 aliphatic rings. The zero-order chi connectivity index (χ0) is 28.9. The smallest absolute Gasteiger partial charge is 0.326 e. The minimum atomic E-state index is -1.31. The Morgan fingerprint density at radius 1 is 0.923 bits per heavy atom. The Morgan fingerprint density at radius 2 is 1.59 bits per heavy atom. The molecular weight excluding hydrogens is 510 g/mol. The molecule has 3 atom stereocenters. The predicted molar refractivity (Wildman–Crippen MR) is 143 cm³/mol. The Kier molecular flexibility index (Phi) is 11.7. The van der Waals surface area contributed by atoms with Crippen LogP contribution in [0.3, 0.4) is 0 Å². The van der Waals surface area contributed by atoms with Crippen LogP contribution in [0.5, 0.6) is 0 Å². The lowest BCUT2D eigenvalue weighted by molar-refractivity contribution is -0.142. The number of hydrogen-bond donors (Lipinski definition) is 9. The number of aromatic nitrogens is 1. The van der Waals surface area contributed by atoms with Crippen LogP contribution in [0, 0.1) is 0 Å². The SMILES string of the molecule is NCC(=O)NC(Cc1c[nH]c2ccccc12)C(=O)NC(CCC(N)=O)C(=O)NC(CCCN=C(N)N)C(=O)O. The van der Waals surface area contributed by atoms with Crippen molar-refractivity contribution >= 4 is 46.5 Å². The van der Waals surface area contributed by atoms with Crippen molar-refractivity contribution in [3.63, 3.8) is 0 Å². The van der Waals surface area contributed by atoms with Crippen molar-refractivity contribution in [2.45, 2.75) is 50.2 Å². The molecule has 212 valence electrons. The van der Waals surface area contributed by atoms with Crippen LogP contribution in [0.2, 0.25) is 0 Å². The van der Waals surface area contributed by atoms with E-state index in [9.17, 15) is 29.1 Å². The molecule has 1 heterocycles. The van der Waals surface area contributed by atoms with Crippen LogP contribution in [0.25, 0.3) is 10.9 Å². The molecule has 15 heteroatoms. The highest BCUT2D eigenvalue weighted by Gasteiger charge is 2.30. The number of nitrogens with two attached hydrogens (primary N) is 4. The van der Waals surface area contributed by atoms with Gasteiger partial charge < -0.3 is 49.0 Å². The number of para-hydroxylation sites is 1. The van der Waals surface area contributed by atoms with E-state index in [-0.39, 0.29) is 51.2 Å². The van der Waals surface area contributed by atoms with Gasteiger partial charge in [-0.2, -0.15) is 0 Å². The van der Waals surface area contributed by atoms with Gasteiger partial charge in [0.1, 0.15) is 18.1 Å². The van der Waals surface area contributed by atoms with Gasteiger partial charge in [-0.25, -0.2) is 4.79 Å². The zero-order valence-electron chi connectivity index (χ0n) is 21.3. The number of amides is 4. The molecule has 0 saturated carbocycles. The third-order valence-corrected chi connectivity index (χ3v) is 5.81. The molecule has 0 fully saturated rings. The molecule has 2 rings (SSSR count). The van der Waals surface area contributed by atoms with Crippen molar-refractivity contribution in [3.8, 4) is 0 Å². The maximum absolute atomic E-state index is 13.3. The molecule has 0 spiro atoms. The number of nitrogens with zero attached hydrogens (tertiary/aromatic N) is 1. The molecule has 13 N–H and O–H groups in total. The molecule has 1 aromatic carbocycles. The van der Waals surface area contributed by atoms with E-state index in [1.165, 1.54) is 0 Å². The number of benzene rings is 1. The van der Waals surface area contributed by atoms with Crippen molar-refractivity contribution in [1.29, 1.82) is 0 Å². The number of carbonyl (C=O) groups excluding carboxylic acids is 4. The number of hydrogen-bond acceptors (Lipinski definition) is 7. The van der Waals surface area contributed by atoms with Crippen molar-refractivity contribution in [2.75, 3.05) is 13.1 Å². The number of fused-ring (bicyclic) bond motifs is 1. The monoisotopic (exact) mass is 545 g/mol. The second kappa shape index (κ2) is 14.9. The molecule has 0 bridgehead atoms. The highest BCUT2D eigenvalue weighted by molar-refractivity contribution is 5.94. The Bertz CT molecular complexity index is 1210. The molecule has 3 unspecified atom stereocenters. The number of rotatable bonds is 16. The molecule has 39 heavy (non-hydrogen) atoms. The van der Waals surface area contributed by atoms with E-state index in [2.05, 4.69) is 25.9 Å². The summed E-state index contributed by atoms with van der Waals surface area (Å²) in [5.74, 6) is -4.34. The Hall–Kier alpha value is -4.66. The molecule has 2 aromatic rings.